The van der Waals surface area contributed by atoms with Crippen molar-refractivity contribution < 1.29 is 48.2 Å². The summed E-state index contributed by atoms with van der Waals surface area (Å²) in [5.41, 5.74) is 0.259. The Morgan fingerprint density at radius 1 is 1.18 bits per heavy atom. The highest BCUT2D eigenvalue weighted by molar-refractivity contribution is 7.53. The lowest BCUT2D eigenvalue weighted by molar-refractivity contribution is -0.140. The van der Waals surface area contributed by atoms with Gasteiger partial charge in [0, 0.05) is 13.2 Å². The number of nitrogens with zero attached hydrogens (tertiary/aromatic N) is 7. The number of anilines is 1. The second kappa shape index (κ2) is 14.3. The molecular formula is C23H35ClN9O10P. The zero-order valence-corrected chi connectivity index (χ0v) is 25.4. The van der Waals surface area contributed by atoms with E-state index in [-0.39, 0.29) is 42.6 Å². The van der Waals surface area contributed by atoms with Gasteiger partial charge in [-0.15, -0.1) is 10.2 Å². The quantitative estimate of drug-likeness (QED) is 0.0655. The van der Waals surface area contributed by atoms with Crippen LogP contribution in [0, 0.1) is 0 Å². The van der Waals surface area contributed by atoms with Crippen LogP contribution in [-0.2, 0) is 34.9 Å². The maximum absolute atomic E-state index is 12.8. The molecule has 2 fully saturated rings. The molecule has 0 radical (unpaired) electrons. The second-order valence-corrected chi connectivity index (χ2v) is 12.7. The number of aliphatic hydroxyl groups is 2. The van der Waals surface area contributed by atoms with E-state index in [1.54, 1.807) is 0 Å². The van der Waals surface area contributed by atoms with Gasteiger partial charge in [0.1, 0.15) is 30.7 Å². The third kappa shape index (κ3) is 7.34. The van der Waals surface area contributed by atoms with Crippen LogP contribution < -0.4 is 5.32 Å². The zero-order chi connectivity index (χ0) is 31.3. The number of fused-ring (bicyclic) bond motifs is 1. The summed E-state index contributed by atoms with van der Waals surface area (Å²) < 4.78 is 41.6. The molecule has 1 aliphatic carbocycles. The van der Waals surface area contributed by atoms with Crippen molar-refractivity contribution in [3.63, 3.8) is 0 Å². The first kappa shape index (κ1) is 33.0. The molecule has 4 heterocycles. The van der Waals surface area contributed by atoms with Crippen LogP contribution in [0.4, 0.5) is 5.82 Å². The maximum atomic E-state index is 12.8. The molecule has 3 aromatic heterocycles. The predicted molar refractivity (Wildman–Crippen MR) is 149 cm³/mol. The van der Waals surface area contributed by atoms with Crippen LogP contribution in [0.2, 0.25) is 5.28 Å². The summed E-state index contributed by atoms with van der Waals surface area (Å²) in [5.74, 6) is 0.633. The Morgan fingerprint density at radius 3 is 2.66 bits per heavy atom. The number of aliphatic hydroxyl groups excluding tert-OH is 2. The fraction of sp³-hybridized carbons (Fsp3) is 0.739. The van der Waals surface area contributed by atoms with E-state index >= 15 is 0 Å². The van der Waals surface area contributed by atoms with Gasteiger partial charge in [-0.1, -0.05) is 18.1 Å². The number of aromatic amines is 1. The van der Waals surface area contributed by atoms with Gasteiger partial charge in [0.15, 0.2) is 17.7 Å². The molecule has 2 aliphatic rings. The van der Waals surface area contributed by atoms with Gasteiger partial charge in [-0.2, -0.15) is 20.3 Å². The van der Waals surface area contributed by atoms with Crippen molar-refractivity contribution in [2.75, 3.05) is 45.5 Å². The van der Waals surface area contributed by atoms with E-state index < -0.39 is 57.3 Å². The van der Waals surface area contributed by atoms with Gasteiger partial charge in [0.2, 0.25) is 10.6 Å². The average Bonchev–Trinajstić information content (AvgIpc) is 3.79. The Labute approximate surface area is 255 Å². The summed E-state index contributed by atoms with van der Waals surface area (Å²) in [6, 6.07) is 0.230. The van der Waals surface area contributed by atoms with Crippen molar-refractivity contribution in [2.45, 2.75) is 68.2 Å². The van der Waals surface area contributed by atoms with Crippen LogP contribution in [0.3, 0.4) is 0 Å². The van der Waals surface area contributed by atoms with Crippen LogP contribution in [0.15, 0.2) is 6.20 Å². The Hall–Kier alpha value is -2.42. The van der Waals surface area contributed by atoms with Gasteiger partial charge in [-0.3, -0.25) is 4.57 Å². The largest absolute Gasteiger partial charge is 0.387 e. The molecular weight excluding hydrogens is 629 g/mol. The molecule has 1 unspecified atom stereocenters. The van der Waals surface area contributed by atoms with Crippen LogP contribution in [-0.4, -0.2) is 130 Å². The molecule has 0 aromatic carbocycles. The summed E-state index contributed by atoms with van der Waals surface area (Å²) in [6.07, 6.45) is 0.178. The molecule has 5 rings (SSSR count). The number of aromatic nitrogens is 8. The number of methoxy groups -OCH3 is 1. The molecule has 21 heteroatoms. The Balaban J connectivity index is 1.32. The van der Waals surface area contributed by atoms with Crippen LogP contribution in [0.1, 0.15) is 37.7 Å². The summed E-state index contributed by atoms with van der Waals surface area (Å²) >= 11 is 6.22. The molecule has 6 N–H and O–H groups in total. The topological polar surface area (TPSA) is 254 Å². The van der Waals surface area contributed by atoms with E-state index in [0.717, 1.165) is 25.7 Å². The molecule has 0 bridgehead atoms. The molecule has 0 amide bonds. The third-order valence-electron chi connectivity index (χ3n) is 7.46. The number of halogens is 1. The van der Waals surface area contributed by atoms with E-state index in [1.165, 1.54) is 18.0 Å². The highest BCUT2D eigenvalue weighted by atomic mass is 35.5. The lowest BCUT2D eigenvalue weighted by Gasteiger charge is -2.34. The monoisotopic (exact) mass is 663 g/mol. The third-order valence-corrected chi connectivity index (χ3v) is 9.07. The highest BCUT2D eigenvalue weighted by Gasteiger charge is 2.52. The highest BCUT2D eigenvalue weighted by Crippen LogP contribution is 2.52. The lowest BCUT2D eigenvalue weighted by atomic mass is 10.1. The first-order valence-corrected chi connectivity index (χ1v) is 15.9. The van der Waals surface area contributed by atoms with E-state index in [0.29, 0.717) is 11.2 Å². The van der Waals surface area contributed by atoms with Crippen molar-refractivity contribution in [1.82, 2.24) is 40.4 Å². The molecule has 1 saturated carbocycles. The number of hydrogen-bond acceptors (Lipinski definition) is 15. The first-order chi connectivity index (χ1) is 21.1. The number of H-pyrrole nitrogens is 1. The van der Waals surface area contributed by atoms with Gasteiger partial charge >= 0.3 is 7.60 Å². The molecule has 3 aromatic rings. The van der Waals surface area contributed by atoms with Gasteiger partial charge in [-0.25, -0.2) is 4.68 Å². The summed E-state index contributed by atoms with van der Waals surface area (Å²) in [7, 11) is -3.66. The lowest BCUT2D eigenvalue weighted by Crippen LogP contribution is -2.46. The number of rotatable bonds is 16. The van der Waals surface area contributed by atoms with Crippen molar-refractivity contribution in [3.8, 4) is 0 Å². The Morgan fingerprint density at radius 2 is 1.95 bits per heavy atom. The van der Waals surface area contributed by atoms with Gasteiger partial charge in [-0.05, 0) is 24.4 Å². The summed E-state index contributed by atoms with van der Waals surface area (Å²) in [5, 5.41) is 40.8. The fourth-order valence-electron chi connectivity index (χ4n) is 5.06. The van der Waals surface area contributed by atoms with Crippen molar-refractivity contribution in [1.29, 1.82) is 0 Å². The van der Waals surface area contributed by atoms with Crippen LogP contribution in [0.5, 0.6) is 0 Å². The average molecular weight is 664 g/mol. The number of tetrazole rings is 1. The van der Waals surface area contributed by atoms with Crippen molar-refractivity contribution in [2.24, 2.45) is 0 Å². The minimum Gasteiger partial charge on any atom is -0.387 e. The molecule has 244 valence electrons. The van der Waals surface area contributed by atoms with Crippen LogP contribution in [0.25, 0.3) is 11.0 Å². The fourth-order valence-corrected chi connectivity index (χ4v) is 5.99. The molecule has 1 aliphatic heterocycles. The molecule has 19 nitrogen and oxygen atoms in total. The van der Waals surface area contributed by atoms with Crippen LogP contribution >= 0.6 is 19.2 Å². The molecule has 44 heavy (non-hydrogen) atoms. The van der Waals surface area contributed by atoms with Crippen molar-refractivity contribution in [3.05, 3.63) is 17.3 Å². The first-order valence-electron chi connectivity index (χ1n) is 13.9. The molecule has 5 atom stereocenters. The summed E-state index contributed by atoms with van der Waals surface area (Å²) in [6.45, 7) is -1.89. The van der Waals surface area contributed by atoms with E-state index in [1.807, 2.05) is 0 Å². The standard InChI is InChI=1S/C23H35ClN9O10P/c1-39-6-7-40-11-23(44(36,37)38,12-41-10-16-29-31-32-30-16)42-9-15-17(34)18(35)21(43-15)33-20-14(8-25-33)19(27-22(24)28-20)26-13-4-2-3-5-13/h8,13,15,17-18,21,34-35H,2-7,9-12H2,1H3,(H,26,27,28)(H2,36,37,38)(H,29,30,31,32)/t15?,17-,18-,21-,23-/m1/s1. The van der Waals surface area contributed by atoms with Crippen molar-refractivity contribution >= 4 is 36.0 Å². The molecule has 1 saturated heterocycles. The second-order valence-electron chi connectivity index (χ2n) is 10.5. The van der Waals surface area contributed by atoms with Gasteiger partial charge in [0.05, 0.1) is 44.6 Å². The normalized spacial score (nSPS) is 24.3. The van der Waals surface area contributed by atoms with E-state index in [2.05, 4.69) is 41.0 Å². The summed E-state index contributed by atoms with van der Waals surface area (Å²) in [4.78, 5) is 29.3. The maximum Gasteiger partial charge on any atom is 0.361 e. The number of hydrogen-bond donors (Lipinski definition) is 6. The number of ether oxygens (including phenoxy) is 5. The predicted octanol–water partition coefficient (Wildman–Crippen LogP) is -0.263. The van der Waals surface area contributed by atoms with Gasteiger partial charge < -0.3 is 49.0 Å². The Bertz CT molecular complexity index is 1410. The molecule has 0 spiro atoms. The van der Waals surface area contributed by atoms with E-state index in [4.69, 9.17) is 35.3 Å². The van der Waals surface area contributed by atoms with Gasteiger partial charge in [0.25, 0.3) is 0 Å². The SMILES string of the molecule is COCCOC[C@@](COCc1nn[nH]n1)(OCC1O[C@@H](n2ncc3c(NC4CCCC4)nc(Cl)nc32)[C@H](O)[C@@H]1O)P(=O)(O)O. The minimum atomic E-state index is -5.11. The van der Waals surface area contributed by atoms with E-state index in [9.17, 15) is 24.6 Å². The number of nitrogens with one attached hydrogen (secondary N) is 2. The smallest absolute Gasteiger partial charge is 0.361 e. The minimum absolute atomic E-state index is 0.00414. The zero-order valence-electron chi connectivity index (χ0n) is 23.7. The Kier molecular flexibility index (Phi) is 10.7.